The summed E-state index contributed by atoms with van der Waals surface area (Å²) in [6, 6.07) is 0.199. The summed E-state index contributed by atoms with van der Waals surface area (Å²) in [5.41, 5.74) is 0. The molecule has 1 aliphatic heterocycles. The minimum atomic E-state index is 0.199. The Kier molecular flexibility index (Phi) is 4.18. The molecule has 0 aromatic carbocycles. The van der Waals surface area contributed by atoms with Gasteiger partial charge in [0.25, 0.3) is 0 Å². The lowest BCUT2D eigenvalue weighted by molar-refractivity contribution is -0.132. The zero-order chi connectivity index (χ0) is 9.68. The third kappa shape index (κ3) is 2.67. The van der Waals surface area contributed by atoms with Crippen molar-refractivity contribution in [1.82, 2.24) is 10.2 Å². The van der Waals surface area contributed by atoms with Crippen molar-refractivity contribution in [1.29, 1.82) is 0 Å². The number of likely N-dealkylation sites (N-methyl/N-ethyl adjacent to an activating group) is 2. The second kappa shape index (κ2) is 5.19. The molecule has 0 radical (unpaired) electrons. The molecule has 0 aromatic rings. The largest absolute Gasteiger partial charge is 0.379 e. The number of ether oxygens (including phenoxy) is 1. The summed E-state index contributed by atoms with van der Waals surface area (Å²) in [5, 5.41) is 3.08. The number of nitrogens with one attached hydrogen (secondary N) is 1. The number of amides is 1. The van der Waals surface area contributed by atoms with Gasteiger partial charge in [-0.1, -0.05) is 0 Å². The van der Waals surface area contributed by atoms with Crippen molar-refractivity contribution < 1.29 is 9.53 Å². The molecule has 1 saturated heterocycles. The molecule has 1 N–H and O–H groups in total. The smallest absolute Gasteiger partial charge is 0.225 e. The van der Waals surface area contributed by atoms with Gasteiger partial charge in [-0.05, 0) is 14.0 Å². The van der Waals surface area contributed by atoms with E-state index >= 15 is 0 Å². The van der Waals surface area contributed by atoms with Crippen molar-refractivity contribution in [3.8, 4) is 0 Å². The molecule has 1 heterocycles. The van der Waals surface area contributed by atoms with Gasteiger partial charge in [0.2, 0.25) is 5.91 Å². The van der Waals surface area contributed by atoms with Crippen LogP contribution in [0.25, 0.3) is 0 Å². The van der Waals surface area contributed by atoms with Crippen LogP contribution in [0, 0.1) is 0 Å². The molecule has 1 fully saturated rings. The average Bonchev–Trinajstić information content (AvgIpc) is 2.28. The highest BCUT2D eigenvalue weighted by Crippen LogP contribution is 2.07. The van der Waals surface area contributed by atoms with E-state index in [0.717, 1.165) is 13.1 Å². The highest BCUT2D eigenvalue weighted by atomic mass is 16.5. The standard InChI is InChI=1S/C9H18N2O2/c1-3-11-8(6-10-2)7-13-5-4-9(11)12/h8,10H,3-7H2,1-2H3. The summed E-state index contributed by atoms with van der Waals surface area (Å²) < 4.78 is 5.36. The van der Waals surface area contributed by atoms with Crippen LogP contribution in [0.15, 0.2) is 0 Å². The fourth-order valence-electron chi connectivity index (χ4n) is 1.66. The Bertz CT molecular complexity index is 173. The fourth-order valence-corrected chi connectivity index (χ4v) is 1.66. The Balaban J connectivity index is 2.59. The van der Waals surface area contributed by atoms with Gasteiger partial charge < -0.3 is 15.0 Å². The highest BCUT2D eigenvalue weighted by Gasteiger charge is 2.24. The Morgan fingerprint density at radius 3 is 3.08 bits per heavy atom. The van der Waals surface area contributed by atoms with Gasteiger partial charge in [-0.3, -0.25) is 4.79 Å². The van der Waals surface area contributed by atoms with E-state index in [1.165, 1.54) is 0 Å². The first kappa shape index (κ1) is 10.5. The summed E-state index contributed by atoms with van der Waals surface area (Å²) >= 11 is 0. The van der Waals surface area contributed by atoms with Crippen LogP contribution in [0.4, 0.5) is 0 Å². The predicted molar refractivity (Wildman–Crippen MR) is 50.5 cm³/mol. The number of hydrogen-bond donors (Lipinski definition) is 1. The van der Waals surface area contributed by atoms with Crippen molar-refractivity contribution in [3.05, 3.63) is 0 Å². The lowest BCUT2D eigenvalue weighted by Gasteiger charge is -2.27. The van der Waals surface area contributed by atoms with Crippen LogP contribution in [-0.4, -0.2) is 50.2 Å². The van der Waals surface area contributed by atoms with E-state index < -0.39 is 0 Å². The molecule has 1 atom stereocenters. The van der Waals surface area contributed by atoms with Crippen LogP contribution in [0.5, 0.6) is 0 Å². The SMILES string of the molecule is CCN1C(=O)CCOCC1CNC. The number of hydrogen-bond acceptors (Lipinski definition) is 3. The van der Waals surface area contributed by atoms with Crippen molar-refractivity contribution in [2.75, 3.05) is 33.4 Å². The molecule has 4 heteroatoms. The van der Waals surface area contributed by atoms with Gasteiger partial charge in [0, 0.05) is 13.1 Å². The van der Waals surface area contributed by atoms with E-state index in [1.807, 2.05) is 18.9 Å². The third-order valence-corrected chi connectivity index (χ3v) is 2.31. The Hall–Kier alpha value is -0.610. The monoisotopic (exact) mass is 186 g/mol. The molecule has 0 spiro atoms. The zero-order valence-electron chi connectivity index (χ0n) is 8.38. The van der Waals surface area contributed by atoms with Gasteiger partial charge in [0.1, 0.15) is 0 Å². The van der Waals surface area contributed by atoms with E-state index in [-0.39, 0.29) is 11.9 Å². The number of rotatable bonds is 3. The maximum Gasteiger partial charge on any atom is 0.225 e. The molecule has 13 heavy (non-hydrogen) atoms. The second-order valence-electron chi connectivity index (χ2n) is 3.22. The second-order valence-corrected chi connectivity index (χ2v) is 3.22. The lowest BCUT2D eigenvalue weighted by atomic mass is 10.2. The predicted octanol–water partition coefficient (Wildman–Crippen LogP) is -0.157. The van der Waals surface area contributed by atoms with E-state index in [4.69, 9.17) is 4.74 Å². The molecule has 0 bridgehead atoms. The van der Waals surface area contributed by atoms with Gasteiger partial charge in [-0.15, -0.1) is 0 Å². The molecule has 1 amide bonds. The Labute approximate surface area is 79.2 Å². The van der Waals surface area contributed by atoms with Gasteiger partial charge in [0.15, 0.2) is 0 Å². The van der Waals surface area contributed by atoms with E-state index in [1.54, 1.807) is 0 Å². The van der Waals surface area contributed by atoms with Crippen molar-refractivity contribution in [2.45, 2.75) is 19.4 Å². The molecule has 1 rings (SSSR count). The van der Waals surface area contributed by atoms with Crippen molar-refractivity contribution in [2.24, 2.45) is 0 Å². The summed E-state index contributed by atoms with van der Waals surface area (Å²) in [7, 11) is 1.89. The highest BCUT2D eigenvalue weighted by molar-refractivity contribution is 5.76. The molecule has 1 aliphatic rings. The van der Waals surface area contributed by atoms with Crippen LogP contribution < -0.4 is 5.32 Å². The molecule has 0 aliphatic carbocycles. The molecule has 0 saturated carbocycles. The maximum absolute atomic E-state index is 11.5. The average molecular weight is 186 g/mol. The van der Waals surface area contributed by atoms with Gasteiger partial charge >= 0.3 is 0 Å². The van der Waals surface area contributed by atoms with Crippen LogP contribution in [0.1, 0.15) is 13.3 Å². The summed E-state index contributed by atoms with van der Waals surface area (Å²) in [6.07, 6.45) is 0.522. The lowest BCUT2D eigenvalue weighted by Crippen LogP contribution is -2.46. The summed E-state index contributed by atoms with van der Waals surface area (Å²) in [5.74, 6) is 0.209. The quantitative estimate of drug-likeness (QED) is 0.666. The first-order valence-corrected chi connectivity index (χ1v) is 4.81. The van der Waals surface area contributed by atoms with Crippen molar-refractivity contribution in [3.63, 3.8) is 0 Å². The van der Waals surface area contributed by atoms with Gasteiger partial charge in [-0.2, -0.15) is 0 Å². The maximum atomic E-state index is 11.5. The Morgan fingerprint density at radius 2 is 2.46 bits per heavy atom. The van der Waals surface area contributed by atoms with E-state index in [9.17, 15) is 4.79 Å². The van der Waals surface area contributed by atoms with E-state index in [2.05, 4.69) is 5.32 Å². The molecular formula is C9H18N2O2. The topological polar surface area (TPSA) is 41.6 Å². The molecule has 1 unspecified atom stereocenters. The first-order valence-electron chi connectivity index (χ1n) is 4.81. The van der Waals surface area contributed by atoms with Gasteiger partial charge in [-0.25, -0.2) is 0 Å². The Morgan fingerprint density at radius 1 is 1.69 bits per heavy atom. The first-order chi connectivity index (χ1) is 6.29. The normalized spacial score (nSPS) is 24.6. The van der Waals surface area contributed by atoms with Crippen LogP contribution in [0.3, 0.4) is 0 Å². The number of carbonyl (C=O) groups excluding carboxylic acids is 1. The number of nitrogens with zero attached hydrogens (tertiary/aromatic N) is 1. The third-order valence-electron chi connectivity index (χ3n) is 2.31. The minimum absolute atomic E-state index is 0.199. The van der Waals surface area contributed by atoms with Crippen molar-refractivity contribution >= 4 is 5.91 Å². The van der Waals surface area contributed by atoms with E-state index in [0.29, 0.717) is 19.6 Å². The van der Waals surface area contributed by atoms with Crippen LogP contribution in [-0.2, 0) is 9.53 Å². The van der Waals surface area contributed by atoms with Gasteiger partial charge in [0.05, 0.1) is 25.7 Å². The zero-order valence-corrected chi connectivity index (χ0v) is 8.38. The van der Waals surface area contributed by atoms with Crippen LogP contribution >= 0.6 is 0 Å². The van der Waals surface area contributed by atoms with Crippen LogP contribution in [0.2, 0.25) is 0 Å². The fraction of sp³-hybridized carbons (Fsp3) is 0.889. The molecule has 0 aromatic heterocycles. The molecule has 4 nitrogen and oxygen atoms in total. The number of carbonyl (C=O) groups is 1. The molecule has 76 valence electrons. The summed E-state index contributed by atoms with van der Waals surface area (Å²) in [4.78, 5) is 13.4. The molecular weight excluding hydrogens is 168 g/mol. The minimum Gasteiger partial charge on any atom is -0.379 e. The summed E-state index contributed by atoms with van der Waals surface area (Å²) in [6.45, 7) is 4.80.